The molecule has 18 heavy (non-hydrogen) atoms. The van der Waals surface area contributed by atoms with E-state index in [-0.39, 0.29) is 5.54 Å². The van der Waals surface area contributed by atoms with E-state index in [2.05, 4.69) is 24.3 Å². The second kappa shape index (κ2) is 3.99. The van der Waals surface area contributed by atoms with Gasteiger partial charge in [-0.15, -0.1) is 11.8 Å². The van der Waals surface area contributed by atoms with Crippen LogP contribution in [0, 0.1) is 0 Å². The highest BCUT2D eigenvalue weighted by atomic mass is 32.2. The molecule has 0 saturated carbocycles. The van der Waals surface area contributed by atoms with Crippen molar-refractivity contribution >= 4 is 11.8 Å². The first-order valence-corrected chi connectivity index (χ1v) is 7.89. The van der Waals surface area contributed by atoms with Crippen LogP contribution in [-0.4, -0.2) is 23.5 Å². The van der Waals surface area contributed by atoms with Crippen LogP contribution in [0.5, 0.6) is 0 Å². The second-order valence-corrected chi connectivity index (χ2v) is 7.07. The maximum absolute atomic E-state index is 6.65. The van der Waals surface area contributed by atoms with Gasteiger partial charge in [0.2, 0.25) is 0 Å². The van der Waals surface area contributed by atoms with Crippen LogP contribution >= 0.6 is 11.8 Å². The van der Waals surface area contributed by atoms with E-state index in [1.54, 1.807) is 0 Å². The third-order valence-electron chi connectivity index (χ3n) is 4.78. The first-order valence-electron chi connectivity index (χ1n) is 6.91. The van der Waals surface area contributed by atoms with E-state index in [0.717, 1.165) is 12.8 Å². The molecule has 3 heteroatoms. The topological polar surface area (TPSA) is 35.2 Å². The molecule has 0 aromatic heterocycles. The van der Waals surface area contributed by atoms with Gasteiger partial charge in [-0.25, -0.2) is 0 Å². The van der Waals surface area contributed by atoms with E-state index in [9.17, 15) is 0 Å². The highest BCUT2D eigenvalue weighted by molar-refractivity contribution is 7.99. The van der Waals surface area contributed by atoms with E-state index in [1.807, 2.05) is 11.8 Å². The molecule has 2 fully saturated rings. The van der Waals surface area contributed by atoms with E-state index in [4.69, 9.17) is 10.5 Å². The Hall–Kier alpha value is -0.510. The molecule has 3 heterocycles. The van der Waals surface area contributed by atoms with Crippen LogP contribution in [0.2, 0.25) is 0 Å². The Bertz CT molecular complexity index is 477. The molecule has 0 aliphatic carbocycles. The smallest absolute Gasteiger partial charge is 0.0760 e. The predicted molar refractivity (Wildman–Crippen MR) is 74.0 cm³/mol. The van der Waals surface area contributed by atoms with Gasteiger partial charge in [-0.05, 0) is 43.2 Å². The Balaban J connectivity index is 1.56. The lowest BCUT2D eigenvalue weighted by Crippen LogP contribution is -2.49. The average Bonchev–Trinajstić information content (AvgIpc) is 3.04. The number of ether oxygens (including phenoxy) is 1. The van der Waals surface area contributed by atoms with E-state index < -0.39 is 0 Å². The van der Waals surface area contributed by atoms with Gasteiger partial charge in [0.05, 0.1) is 12.2 Å². The summed E-state index contributed by atoms with van der Waals surface area (Å²) in [5.74, 6) is 1.81. The van der Waals surface area contributed by atoms with Gasteiger partial charge in [0, 0.05) is 16.2 Å². The molecule has 2 nitrogen and oxygen atoms in total. The van der Waals surface area contributed by atoms with Gasteiger partial charge in [0.1, 0.15) is 0 Å². The summed E-state index contributed by atoms with van der Waals surface area (Å²) in [5, 5.41) is 0. The standard InChI is InChI=1S/C15H19NOS/c16-15(8-11-5-6-14(15)17-11)7-10-9-18-13-4-2-1-3-12(10)13/h1-4,10-11,14H,5-9,16H2. The summed E-state index contributed by atoms with van der Waals surface area (Å²) in [7, 11) is 0. The van der Waals surface area contributed by atoms with Crippen LogP contribution < -0.4 is 5.73 Å². The molecule has 0 spiro atoms. The fourth-order valence-corrected chi connectivity index (χ4v) is 5.16. The van der Waals surface area contributed by atoms with Crippen molar-refractivity contribution in [3.63, 3.8) is 0 Å². The summed E-state index contributed by atoms with van der Waals surface area (Å²) < 4.78 is 5.95. The van der Waals surface area contributed by atoms with Gasteiger partial charge in [-0.1, -0.05) is 18.2 Å². The molecule has 4 atom stereocenters. The molecular weight excluding hydrogens is 242 g/mol. The molecule has 2 N–H and O–H groups in total. The fourth-order valence-electron chi connectivity index (χ4n) is 3.91. The minimum Gasteiger partial charge on any atom is -0.373 e. The molecule has 2 bridgehead atoms. The Morgan fingerprint density at radius 2 is 2.22 bits per heavy atom. The summed E-state index contributed by atoms with van der Waals surface area (Å²) in [6, 6.07) is 8.79. The van der Waals surface area contributed by atoms with Gasteiger partial charge >= 0.3 is 0 Å². The first kappa shape index (κ1) is 11.3. The summed E-state index contributed by atoms with van der Waals surface area (Å²) in [4.78, 5) is 1.45. The quantitative estimate of drug-likeness (QED) is 0.889. The van der Waals surface area contributed by atoms with E-state index in [0.29, 0.717) is 18.1 Å². The molecule has 2 saturated heterocycles. The van der Waals surface area contributed by atoms with Crippen molar-refractivity contribution < 1.29 is 4.74 Å². The summed E-state index contributed by atoms with van der Waals surface area (Å²) >= 11 is 1.98. The molecule has 3 aliphatic rings. The number of thioether (sulfide) groups is 1. The van der Waals surface area contributed by atoms with Gasteiger partial charge in [-0.2, -0.15) is 0 Å². The molecular formula is C15H19NOS. The second-order valence-electron chi connectivity index (χ2n) is 6.01. The minimum atomic E-state index is -0.0639. The van der Waals surface area contributed by atoms with Crippen molar-refractivity contribution in [2.24, 2.45) is 5.73 Å². The number of hydrogen-bond donors (Lipinski definition) is 1. The third-order valence-corrected chi connectivity index (χ3v) is 6.03. The van der Waals surface area contributed by atoms with Gasteiger partial charge in [0.15, 0.2) is 0 Å². The molecule has 4 unspecified atom stereocenters. The molecule has 1 aromatic rings. The fraction of sp³-hybridized carbons (Fsp3) is 0.600. The van der Waals surface area contributed by atoms with Crippen molar-refractivity contribution in [2.45, 2.75) is 54.2 Å². The third kappa shape index (κ3) is 1.64. The number of rotatable bonds is 2. The largest absolute Gasteiger partial charge is 0.373 e. The lowest BCUT2D eigenvalue weighted by molar-refractivity contribution is 0.0826. The average molecular weight is 261 g/mol. The minimum absolute atomic E-state index is 0.0639. The SMILES string of the molecule is NC1(CC2CSc3ccccc32)CC2CCC1O2. The van der Waals surface area contributed by atoms with Gasteiger partial charge in [-0.3, -0.25) is 0 Å². The zero-order valence-electron chi connectivity index (χ0n) is 10.5. The highest BCUT2D eigenvalue weighted by Crippen LogP contribution is 2.48. The van der Waals surface area contributed by atoms with Crippen LogP contribution in [0.1, 0.15) is 37.2 Å². The van der Waals surface area contributed by atoms with Crippen LogP contribution in [0.15, 0.2) is 29.2 Å². The van der Waals surface area contributed by atoms with E-state index in [1.165, 1.54) is 29.1 Å². The Morgan fingerprint density at radius 1 is 1.33 bits per heavy atom. The lowest BCUT2D eigenvalue weighted by atomic mass is 9.75. The molecule has 4 rings (SSSR count). The predicted octanol–water partition coefficient (Wildman–Crippen LogP) is 2.91. The van der Waals surface area contributed by atoms with Crippen molar-refractivity contribution in [2.75, 3.05) is 5.75 Å². The van der Waals surface area contributed by atoms with Crippen LogP contribution in [0.3, 0.4) is 0 Å². The number of hydrogen-bond acceptors (Lipinski definition) is 3. The maximum Gasteiger partial charge on any atom is 0.0760 e. The summed E-state index contributed by atoms with van der Waals surface area (Å²) in [6.07, 6.45) is 5.33. The highest BCUT2D eigenvalue weighted by Gasteiger charge is 2.51. The van der Waals surface area contributed by atoms with Gasteiger partial charge < -0.3 is 10.5 Å². The van der Waals surface area contributed by atoms with Gasteiger partial charge in [0.25, 0.3) is 0 Å². The zero-order chi connectivity index (χ0) is 12.2. The summed E-state index contributed by atoms with van der Waals surface area (Å²) in [5.41, 5.74) is 8.09. The molecule has 96 valence electrons. The molecule has 3 aliphatic heterocycles. The van der Waals surface area contributed by atoms with Crippen molar-refractivity contribution in [1.29, 1.82) is 0 Å². The Labute approximate surface area is 112 Å². The summed E-state index contributed by atoms with van der Waals surface area (Å²) in [6.45, 7) is 0. The Morgan fingerprint density at radius 3 is 3.00 bits per heavy atom. The number of benzene rings is 1. The normalized spacial score (nSPS) is 41.3. The lowest BCUT2D eigenvalue weighted by Gasteiger charge is -2.33. The monoisotopic (exact) mass is 261 g/mol. The molecule has 0 amide bonds. The number of fused-ring (bicyclic) bond motifs is 3. The van der Waals surface area contributed by atoms with Crippen LogP contribution in [-0.2, 0) is 4.74 Å². The zero-order valence-corrected chi connectivity index (χ0v) is 11.3. The van der Waals surface area contributed by atoms with Crippen molar-refractivity contribution in [1.82, 2.24) is 0 Å². The van der Waals surface area contributed by atoms with Crippen molar-refractivity contribution in [3.8, 4) is 0 Å². The Kier molecular flexibility index (Phi) is 2.51. The van der Waals surface area contributed by atoms with Crippen molar-refractivity contribution in [3.05, 3.63) is 29.8 Å². The maximum atomic E-state index is 6.65. The van der Waals surface area contributed by atoms with Crippen LogP contribution in [0.25, 0.3) is 0 Å². The van der Waals surface area contributed by atoms with E-state index >= 15 is 0 Å². The first-order chi connectivity index (χ1) is 8.74. The molecule has 1 aromatic carbocycles. The molecule has 0 radical (unpaired) electrons. The number of nitrogens with two attached hydrogens (primary N) is 1. The van der Waals surface area contributed by atoms with Crippen LogP contribution in [0.4, 0.5) is 0 Å².